The van der Waals surface area contributed by atoms with Crippen LogP contribution in [0.3, 0.4) is 0 Å². The molecule has 1 unspecified atom stereocenters. The number of benzene rings is 3. The molecule has 5 heteroatoms. The Morgan fingerprint density at radius 2 is 1.79 bits per heavy atom. The second kappa shape index (κ2) is 11.3. The summed E-state index contributed by atoms with van der Waals surface area (Å²) in [4.78, 5) is 15.3. The summed E-state index contributed by atoms with van der Waals surface area (Å²) in [5.41, 5.74) is 4.18. The molecule has 0 bridgehead atoms. The van der Waals surface area contributed by atoms with E-state index in [9.17, 15) is 4.79 Å². The van der Waals surface area contributed by atoms with Gasteiger partial charge in [0.05, 0.1) is 7.11 Å². The van der Waals surface area contributed by atoms with Gasteiger partial charge in [-0.25, -0.2) is 0 Å². The highest BCUT2D eigenvalue weighted by atomic mass is 32.2. The van der Waals surface area contributed by atoms with E-state index in [4.69, 9.17) is 9.47 Å². The van der Waals surface area contributed by atoms with Crippen LogP contribution in [0.5, 0.6) is 11.5 Å². The van der Waals surface area contributed by atoms with Gasteiger partial charge in [-0.3, -0.25) is 4.79 Å². The molecule has 0 saturated carbocycles. The van der Waals surface area contributed by atoms with Crippen LogP contribution in [0.25, 0.3) is 0 Å². The quantitative estimate of drug-likeness (QED) is 0.364. The van der Waals surface area contributed by atoms with E-state index in [0.717, 1.165) is 35.4 Å². The zero-order chi connectivity index (χ0) is 23.0. The first-order valence-corrected chi connectivity index (χ1v) is 12.6. The van der Waals surface area contributed by atoms with E-state index in [2.05, 4.69) is 19.1 Å². The smallest absolute Gasteiger partial charge is 0.255 e. The SMILES string of the molecule is CCCCc1ccc(C(=O)N2CCSC2c2ccc(OC)c(OCc3ccccc3)c2)cc1. The Morgan fingerprint density at radius 1 is 1.00 bits per heavy atom. The molecule has 3 aromatic rings. The first-order chi connectivity index (χ1) is 16.2. The van der Waals surface area contributed by atoms with E-state index in [1.54, 1.807) is 18.9 Å². The molecule has 1 aliphatic rings. The zero-order valence-corrected chi connectivity index (χ0v) is 20.1. The molecule has 33 heavy (non-hydrogen) atoms. The minimum atomic E-state index is -0.0396. The molecule has 4 nitrogen and oxygen atoms in total. The Labute approximate surface area is 200 Å². The second-order valence-corrected chi connectivity index (χ2v) is 9.39. The molecule has 4 rings (SSSR count). The van der Waals surface area contributed by atoms with Crippen molar-refractivity contribution in [3.8, 4) is 11.5 Å². The average Bonchev–Trinajstić information content (AvgIpc) is 3.36. The highest BCUT2D eigenvalue weighted by Gasteiger charge is 2.32. The number of hydrogen-bond donors (Lipinski definition) is 0. The molecule has 172 valence electrons. The van der Waals surface area contributed by atoms with Crippen LogP contribution in [0.1, 0.15) is 52.2 Å². The molecule has 0 aromatic heterocycles. The van der Waals surface area contributed by atoms with E-state index in [1.807, 2.05) is 65.6 Å². The van der Waals surface area contributed by atoms with Crippen molar-refractivity contribution in [3.63, 3.8) is 0 Å². The van der Waals surface area contributed by atoms with Gasteiger partial charge in [-0.15, -0.1) is 11.8 Å². The molecule has 0 N–H and O–H groups in total. The lowest BCUT2D eigenvalue weighted by atomic mass is 10.1. The fraction of sp³-hybridized carbons (Fsp3) is 0.321. The van der Waals surface area contributed by atoms with Crippen LogP contribution in [0.15, 0.2) is 72.8 Å². The summed E-state index contributed by atoms with van der Waals surface area (Å²) in [5.74, 6) is 2.38. The van der Waals surface area contributed by atoms with E-state index in [1.165, 1.54) is 18.4 Å². The number of nitrogens with zero attached hydrogens (tertiary/aromatic N) is 1. The third kappa shape index (κ3) is 5.72. The summed E-state index contributed by atoms with van der Waals surface area (Å²) < 4.78 is 11.6. The number of amides is 1. The van der Waals surface area contributed by atoms with E-state index in [-0.39, 0.29) is 11.3 Å². The minimum absolute atomic E-state index is 0.0396. The molecular formula is C28H31NO3S. The summed E-state index contributed by atoms with van der Waals surface area (Å²) in [5, 5.41) is -0.0396. The summed E-state index contributed by atoms with van der Waals surface area (Å²) >= 11 is 1.79. The third-order valence-electron chi connectivity index (χ3n) is 5.88. The maximum atomic E-state index is 13.3. The van der Waals surface area contributed by atoms with Crippen molar-refractivity contribution in [1.82, 2.24) is 4.90 Å². The van der Waals surface area contributed by atoms with Crippen LogP contribution in [0.4, 0.5) is 0 Å². The number of aryl methyl sites for hydroxylation is 1. The molecule has 0 spiro atoms. The molecule has 1 fully saturated rings. The van der Waals surface area contributed by atoms with Crippen molar-refractivity contribution in [2.75, 3.05) is 19.4 Å². The maximum Gasteiger partial charge on any atom is 0.255 e. The lowest BCUT2D eigenvalue weighted by Gasteiger charge is -2.25. The molecule has 1 amide bonds. The molecule has 1 heterocycles. The fourth-order valence-electron chi connectivity index (χ4n) is 4.01. The number of carbonyl (C=O) groups is 1. The number of ether oxygens (including phenoxy) is 2. The van der Waals surface area contributed by atoms with E-state index >= 15 is 0 Å². The van der Waals surface area contributed by atoms with Gasteiger partial charge in [-0.2, -0.15) is 0 Å². The van der Waals surface area contributed by atoms with Crippen molar-refractivity contribution in [2.24, 2.45) is 0 Å². The van der Waals surface area contributed by atoms with Crippen LogP contribution in [-0.2, 0) is 13.0 Å². The minimum Gasteiger partial charge on any atom is -0.493 e. The monoisotopic (exact) mass is 461 g/mol. The van der Waals surface area contributed by atoms with Gasteiger partial charge in [-0.05, 0) is 53.8 Å². The molecule has 3 aromatic carbocycles. The predicted octanol–water partition coefficient (Wildman–Crippen LogP) is 6.50. The Morgan fingerprint density at radius 3 is 2.52 bits per heavy atom. The number of hydrogen-bond acceptors (Lipinski definition) is 4. The summed E-state index contributed by atoms with van der Waals surface area (Å²) in [6.45, 7) is 3.39. The van der Waals surface area contributed by atoms with Gasteiger partial charge >= 0.3 is 0 Å². The summed E-state index contributed by atoms with van der Waals surface area (Å²) in [7, 11) is 1.65. The molecule has 1 aliphatic heterocycles. The summed E-state index contributed by atoms with van der Waals surface area (Å²) in [6.07, 6.45) is 3.40. The molecular weight excluding hydrogens is 430 g/mol. The Bertz CT molecular complexity index is 1050. The molecule has 1 saturated heterocycles. The third-order valence-corrected chi connectivity index (χ3v) is 7.14. The van der Waals surface area contributed by atoms with E-state index < -0.39 is 0 Å². The number of methoxy groups -OCH3 is 1. The number of carbonyl (C=O) groups excluding carboxylic acids is 1. The van der Waals surface area contributed by atoms with Crippen LogP contribution in [0.2, 0.25) is 0 Å². The lowest BCUT2D eigenvalue weighted by molar-refractivity contribution is 0.0760. The Kier molecular flexibility index (Phi) is 7.95. The van der Waals surface area contributed by atoms with Crippen molar-refractivity contribution in [2.45, 2.75) is 38.2 Å². The van der Waals surface area contributed by atoms with Crippen molar-refractivity contribution in [3.05, 3.63) is 95.1 Å². The molecule has 0 aliphatic carbocycles. The maximum absolute atomic E-state index is 13.3. The lowest BCUT2D eigenvalue weighted by Crippen LogP contribution is -2.30. The Balaban J connectivity index is 1.50. The number of rotatable bonds is 9. The van der Waals surface area contributed by atoms with Crippen molar-refractivity contribution in [1.29, 1.82) is 0 Å². The molecule has 0 radical (unpaired) electrons. The van der Waals surface area contributed by atoms with Gasteiger partial charge in [0.25, 0.3) is 5.91 Å². The average molecular weight is 462 g/mol. The first-order valence-electron chi connectivity index (χ1n) is 11.6. The molecule has 1 atom stereocenters. The highest BCUT2D eigenvalue weighted by molar-refractivity contribution is 7.99. The van der Waals surface area contributed by atoms with Crippen LogP contribution in [-0.4, -0.2) is 30.2 Å². The largest absolute Gasteiger partial charge is 0.493 e. The zero-order valence-electron chi connectivity index (χ0n) is 19.3. The fourth-order valence-corrected chi connectivity index (χ4v) is 5.26. The topological polar surface area (TPSA) is 38.8 Å². The van der Waals surface area contributed by atoms with Gasteiger partial charge in [0.1, 0.15) is 12.0 Å². The van der Waals surface area contributed by atoms with Crippen LogP contribution < -0.4 is 9.47 Å². The summed E-state index contributed by atoms with van der Waals surface area (Å²) in [6, 6.07) is 24.2. The van der Waals surface area contributed by atoms with E-state index in [0.29, 0.717) is 18.1 Å². The second-order valence-electron chi connectivity index (χ2n) is 8.21. The van der Waals surface area contributed by atoms with Gasteiger partial charge < -0.3 is 14.4 Å². The first kappa shape index (κ1) is 23.2. The Hall–Kier alpha value is -2.92. The highest BCUT2D eigenvalue weighted by Crippen LogP contribution is 2.41. The van der Waals surface area contributed by atoms with Crippen molar-refractivity contribution < 1.29 is 14.3 Å². The number of unbranched alkanes of at least 4 members (excludes halogenated alkanes) is 1. The van der Waals surface area contributed by atoms with Gasteiger partial charge in [-0.1, -0.05) is 61.9 Å². The normalized spacial score (nSPS) is 15.5. The van der Waals surface area contributed by atoms with Crippen LogP contribution >= 0.6 is 11.8 Å². The standard InChI is InChI=1S/C28H31NO3S/c1-3-4-8-21-11-13-23(14-12-21)27(30)29-17-18-33-28(29)24-15-16-25(31-2)26(19-24)32-20-22-9-6-5-7-10-22/h5-7,9-16,19,28H,3-4,8,17-18,20H2,1-2H3. The number of thioether (sulfide) groups is 1. The van der Waals surface area contributed by atoms with Gasteiger partial charge in [0.2, 0.25) is 0 Å². The van der Waals surface area contributed by atoms with Crippen molar-refractivity contribution >= 4 is 17.7 Å². The van der Waals surface area contributed by atoms with Gasteiger partial charge in [0, 0.05) is 17.9 Å². The predicted molar refractivity (Wildman–Crippen MR) is 135 cm³/mol. The van der Waals surface area contributed by atoms with Gasteiger partial charge in [0.15, 0.2) is 11.5 Å². The van der Waals surface area contributed by atoms with Crippen LogP contribution in [0, 0.1) is 0 Å².